The minimum atomic E-state index is -2.41. The molecule has 1 aromatic rings. The van der Waals surface area contributed by atoms with Crippen molar-refractivity contribution >= 4 is 24.7 Å². The van der Waals surface area contributed by atoms with Crippen LogP contribution < -0.4 is 0 Å². The van der Waals surface area contributed by atoms with Gasteiger partial charge >= 0.3 is 18.4 Å². The number of aliphatic hydroxyl groups excluding tert-OH is 2. The molecule has 2 saturated heterocycles. The van der Waals surface area contributed by atoms with Crippen LogP contribution in [-0.4, -0.2) is 85.1 Å². The maximum Gasteiger partial charge on any atom is 0.509 e. The van der Waals surface area contributed by atoms with Crippen molar-refractivity contribution in [2.24, 2.45) is 28.6 Å². The fraction of sp³-hybridized carbons (Fsp3) is 0.679. The zero-order chi connectivity index (χ0) is 29.5. The van der Waals surface area contributed by atoms with Crippen LogP contribution in [0.4, 0.5) is 4.79 Å². The molecule has 4 fully saturated rings. The first-order valence-electron chi connectivity index (χ1n) is 13.3. The first kappa shape index (κ1) is 28.6. The summed E-state index contributed by atoms with van der Waals surface area (Å²) >= 11 is 0. The van der Waals surface area contributed by atoms with E-state index in [-0.39, 0.29) is 19.4 Å². The minimum Gasteiger partial charge on any atom is -0.429 e. The van der Waals surface area contributed by atoms with E-state index in [1.165, 1.54) is 13.1 Å². The lowest BCUT2D eigenvalue weighted by Gasteiger charge is -2.51. The Morgan fingerprint density at radius 1 is 1.30 bits per heavy atom. The molecule has 4 N–H and O–H groups in total. The number of aldehydes is 2. The third-order valence-corrected chi connectivity index (χ3v) is 9.61. The molecule has 6 unspecified atom stereocenters. The first-order valence-corrected chi connectivity index (χ1v) is 13.3. The highest BCUT2D eigenvalue weighted by Gasteiger charge is 2.94. The first-order chi connectivity index (χ1) is 18.6. The molecule has 4 aliphatic rings. The molecule has 1 aromatic heterocycles. The quantitative estimate of drug-likeness (QED) is 0.255. The fourth-order valence-electron chi connectivity index (χ4n) is 7.97. The molecular formula is C28H36NO11+. The zero-order valence-corrected chi connectivity index (χ0v) is 23.1. The van der Waals surface area contributed by atoms with Gasteiger partial charge in [-0.25, -0.2) is 9.59 Å². The van der Waals surface area contributed by atoms with Gasteiger partial charge in [0.15, 0.2) is 0 Å². The number of carbonyl (C=O) groups is 3. The summed E-state index contributed by atoms with van der Waals surface area (Å²) in [5, 5.41) is 34.9. The van der Waals surface area contributed by atoms with Crippen molar-refractivity contribution in [3.8, 4) is 0 Å². The SMILES string of the molecule is Cc1cncc(COC(=O)O[C@H]2C(=O)O[C@]34OC5(C=[OH+])C(CC(O)C5(O)[C@H](C)C=O)(C(O)C[C@H]3C(C)(C)C)C24)c1. The molecule has 2 aliphatic heterocycles. The Kier molecular flexibility index (Phi) is 6.46. The summed E-state index contributed by atoms with van der Waals surface area (Å²) in [5.74, 6) is -6.09. The third kappa shape index (κ3) is 3.42. The summed E-state index contributed by atoms with van der Waals surface area (Å²) in [6.07, 6.45) is -2.19. The van der Waals surface area contributed by atoms with E-state index in [2.05, 4.69) is 4.98 Å². The van der Waals surface area contributed by atoms with E-state index in [1.54, 1.807) is 12.3 Å². The highest BCUT2D eigenvalue weighted by molar-refractivity contribution is 5.84. The van der Waals surface area contributed by atoms with Gasteiger partial charge in [-0.3, -0.25) is 9.78 Å². The molecule has 2 bridgehead atoms. The molecule has 2 saturated carbocycles. The number of aryl methyl sites for hydroxylation is 1. The highest BCUT2D eigenvalue weighted by Crippen LogP contribution is 2.76. The summed E-state index contributed by atoms with van der Waals surface area (Å²) < 4.78 is 23.2. The van der Waals surface area contributed by atoms with E-state index >= 15 is 0 Å². The number of hydrogen-bond acceptors (Lipinski definition) is 11. The van der Waals surface area contributed by atoms with Crippen LogP contribution in [0, 0.1) is 35.5 Å². The van der Waals surface area contributed by atoms with E-state index in [0.717, 1.165) is 5.56 Å². The minimum absolute atomic E-state index is 0.0126. The molecule has 1 spiro atoms. The van der Waals surface area contributed by atoms with Gasteiger partial charge in [0.1, 0.15) is 18.5 Å². The number of carbonyl (C=O) groups excluding carboxylic acids is 4. The van der Waals surface area contributed by atoms with Crippen LogP contribution in [0.1, 0.15) is 51.7 Å². The topological polar surface area (TPSA) is 183 Å². The van der Waals surface area contributed by atoms with E-state index < -0.39 is 76.0 Å². The van der Waals surface area contributed by atoms with E-state index in [1.807, 2.05) is 27.7 Å². The molecule has 2 aliphatic carbocycles. The Morgan fingerprint density at radius 2 is 2.00 bits per heavy atom. The van der Waals surface area contributed by atoms with Gasteiger partial charge in [-0.15, -0.1) is 0 Å². The molecule has 3 heterocycles. The lowest BCUT2D eigenvalue weighted by molar-refractivity contribution is -0.297. The molecule has 0 amide bonds. The summed E-state index contributed by atoms with van der Waals surface area (Å²) in [6, 6.07) is 1.76. The van der Waals surface area contributed by atoms with Crippen molar-refractivity contribution < 1.29 is 53.4 Å². The second-order valence-corrected chi connectivity index (χ2v) is 12.7. The van der Waals surface area contributed by atoms with Gasteiger partial charge in [0.05, 0.1) is 23.5 Å². The normalized spacial score (nSPS) is 42.4. The van der Waals surface area contributed by atoms with E-state index in [9.17, 15) is 34.5 Å². The fourth-order valence-corrected chi connectivity index (χ4v) is 7.97. The second-order valence-electron chi connectivity index (χ2n) is 12.7. The number of rotatable bonds is 6. The van der Waals surface area contributed by atoms with Gasteiger partial charge < -0.3 is 39.1 Å². The smallest absolute Gasteiger partial charge is 0.429 e. The number of hydrogen-bond donors (Lipinski definition) is 3. The Hall–Kier alpha value is -2.93. The molecular weight excluding hydrogens is 526 g/mol. The number of aromatic nitrogens is 1. The predicted molar refractivity (Wildman–Crippen MR) is 135 cm³/mol. The van der Waals surface area contributed by atoms with Crippen LogP contribution in [0.5, 0.6) is 0 Å². The molecule has 12 nitrogen and oxygen atoms in total. The van der Waals surface area contributed by atoms with Crippen molar-refractivity contribution in [1.29, 1.82) is 0 Å². The average Bonchev–Trinajstić information content (AvgIpc) is 3.35. The summed E-state index contributed by atoms with van der Waals surface area (Å²) in [6.45, 7) is 8.53. The van der Waals surface area contributed by atoms with Gasteiger partial charge in [-0.2, -0.15) is 0 Å². The standard InChI is InChI=1S/C28H35NO11/c1-14-6-16(10-29-9-14)12-37-23(35)38-20-21-25-8-19(33)27(36,15(2)11-30)26(25,13-31)40-28(21,39-22(20)34)17(7-18(25)32)24(3,4)5/h6,9-11,13,15,17-21,32-33,36H,7-8,12H2,1-5H3/p+1/t15-,17+,18?,19?,20-,21?,25?,26?,27?,28+/m1/s1. The lowest BCUT2D eigenvalue weighted by Crippen LogP contribution is -2.68. The summed E-state index contributed by atoms with van der Waals surface area (Å²) in [4.78, 5) is 53.0. The lowest BCUT2D eigenvalue weighted by atomic mass is 9.51. The van der Waals surface area contributed by atoms with Crippen LogP contribution >= 0.6 is 0 Å². The molecule has 12 heteroatoms. The van der Waals surface area contributed by atoms with E-state index in [0.29, 0.717) is 18.1 Å². The Labute approximate surface area is 231 Å². The third-order valence-electron chi connectivity index (χ3n) is 9.61. The summed E-state index contributed by atoms with van der Waals surface area (Å²) in [5.41, 5.74) is -5.68. The van der Waals surface area contributed by atoms with Gasteiger partial charge in [0.2, 0.25) is 17.5 Å². The number of aliphatic hydroxyl groups is 3. The second kappa shape index (κ2) is 9.04. The van der Waals surface area contributed by atoms with Crippen LogP contribution in [0.2, 0.25) is 0 Å². The zero-order valence-electron chi connectivity index (χ0n) is 23.1. The number of pyridine rings is 1. The molecule has 5 rings (SSSR count). The average molecular weight is 563 g/mol. The molecule has 40 heavy (non-hydrogen) atoms. The van der Waals surface area contributed by atoms with Crippen molar-refractivity contribution in [3.63, 3.8) is 0 Å². The molecule has 0 radical (unpaired) electrons. The maximum atomic E-state index is 13.4. The molecule has 0 aromatic carbocycles. The maximum absolute atomic E-state index is 13.4. The highest BCUT2D eigenvalue weighted by atomic mass is 16.8. The summed E-state index contributed by atoms with van der Waals surface area (Å²) in [7, 11) is 0. The van der Waals surface area contributed by atoms with Gasteiger partial charge in [-0.05, 0) is 36.8 Å². The van der Waals surface area contributed by atoms with Crippen molar-refractivity contribution in [1.82, 2.24) is 4.98 Å². The van der Waals surface area contributed by atoms with Crippen LogP contribution in [0.3, 0.4) is 0 Å². The molecule has 10 atom stereocenters. The Balaban J connectivity index is 1.59. The Bertz CT molecular complexity index is 1250. The number of esters is 1. The van der Waals surface area contributed by atoms with Crippen molar-refractivity contribution in [2.45, 2.75) is 89.4 Å². The molecule has 218 valence electrons. The van der Waals surface area contributed by atoms with Gasteiger partial charge in [0.25, 0.3) is 0 Å². The van der Waals surface area contributed by atoms with Crippen molar-refractivity contribution in [3.05, 3.63) is 29.6 Å². The van der Waals surface area contributed by atoms with Gasteiger partial charge in [-0.1, -0.05) is 27.7 Å². The van der Waals surface area contributed by atoms with Crippen LogP contribution in [0.15, 0.2) is 18.5 Å². The number of nitrogens with zero attached hydrogens (tertiary/aromatic N) is 1. The number of ether oxygens (including phenoxy) is 4. The van der Waals surface area contributed by atoms with E-state index in [4.69, 9.17) is 18.9 Å². The van der Waals surface area contributed by atoms with Crippen molar-refractivity contribution in [2.75, 3.05) is 0 Å². The predicted octanol–water partition coefficient (Wildman–Crippen LogP) is 0.969. The monoisotopic (exact) mass is 562 g/mol. The largest absolute Gasteiger partial charge is 0.509 e. The Morgan fingerprint density at radius 3 is 2.60 bits per heavy atom. The van der Waals surface area contributed by atoms with Gasteiger partial charge in [0, 0.05) is 29.8 Å². The van der Waals surface area contributed by atoms with Crippen LogP contribution in [-0.2, 0) is 35.1 Å². The van der Waals surface area contributed by atoms with Crippen LogP contribution in [0.25, 0.3) is 0 Å².